The zero-order valence-electron chi connectivity index (χ0n) is 21.2. The maximum Gasteiger partial charge on any atom is 0.317 e. The highest BCUT2D eigenvalue weighted by atomic mass is 16.5. The van der Waals surface area contributed by atoms with Crippen molar-refractivity contribution in [2.45, 2.75) is 51.2 Å². The Labute approximate surface area is 215 Å². The van der Waals surface area contributed by atoms with Crippen molar-refractivity contribution in [2.24, 2.45) is 5.92 Å². The Morgan fingerprint density at radius 3 is 1.57 bits per heavy atom. The second kappa shape index (κ2) is 16.8. The molecule has 0 heterocycles. The lowest BCUT2D eigenvalue weighted by atomic mass is 9.83. The topological polar surface area (TPSA) is 205 Å². The number of ether oxygens (including phenoxy) is 1. The van der Waals surface area contributed by atoms with Crippen molar-refractivity contribution in [1.82, 2.24) is 14.7 Å². The Hall–Kier alpha value is -2.81. The summed E-state index contributed by atoms with van der Waals surface area (Å²) in [6, 6.07) is -0.604. The van der Waals surface area contributed by atoms with Gasteiger partial charge in [0.05, 0.1) is 38.8 Å². The maximum absolute atomic E-state index is 11.5. The number of rotatable bonds is 20. The van der Waals surface area contributed by atoms with Gasteiger partial charge in [-0.3, -0.25) is 38.7 Å². The van der Waals surface area contributed by atoms with Crippen LogP contribution in [0.15, 0.2) is 0 Å². The van der Waals surface area contributed by atoms with Crippen molar-refractivity contribution in [3.63, 3.8) is 0 Å². The molecule has 1 aliphatic rings. The van der Waals surface area contributed by atoms with Crippen molar-refractivity contribution in [2.75, 3.05) is 59.0 Å². The maximum atomic E-state index is 11.5. The lowest BCUT2D eigenvalue weighted by Crippen LogP contribution is -2.51. The zero-order chi connectivity index (χ0) is 28.0. The third kappa shape index (κ3) is 14.5. The lowest BCUT2D eigenvalue weighted by molar-refractivity contribution is -0.144. The van der Waals surface area contributed by atoms with Gasteiger partial charge in [0.1, 0.15) is 0 Å². The van der Waals surface area contributed by atoms with E-state index >= 15 is 0 Å². The Morgan fingerprint density at radius 1 is 0.703 bits per heavy atom. The van der Waals surface area contributed by atoms with Gasteiger partial charge in [-0.1, -0.05) is 0 Å². The van der Waals surface area contributed by atoms with Crippen molar-refractivity contribution in [3.8, 4) is 0 Å². The highest BCUT2D eigenvalue weighted by Gasteiger charge is 2.31. The van der Waals surface area contributed by atoms with Crippen LogP contribution >= 0.6 is 0 Å². The minimum absolute atomic E-state index is 0.00553. The Morgan fingerprint density at radius 2 is 1.14 bits per heavy atom. The lowest BCUT2D eigenvalue weighted by Gasteiger charge is -2.37. The molecule has 0 aliphatic heterocycles. The van der Waals surface area contributed by atoms with Gasteiger partial charge >= 0.3 is 29.8 Å². The minimum atomic E-state index is -1.24. The summed E-state index contributed by atoms with van der Waals surface area (Å²) in [7, 11) is 0. The van der Waals surface area contributed by atoms with Crippen molar-refractivity contribution < 1.29 is 54.2 Å². The molecule has 1 atom stereocenters. The van der Waals surface area contributed by atoms with E-state index in [9.17, 15) is 39.3 Å². The number of carboxylic acid groups (broad SMARTS) is 5. The Bertz CT molecular complexity index is 739. The van der Waals surface area contributed by atoms with Crippen LogP contribution in [0.4, 0.5) is 0 Å². The molecule has 1 aliphatic carbocycles. The van der Waals surface area contributed by atoms with Gasteiger partial charge in [0.25, 0.3) is 0 Å². The molecular formula is C23H39N3O11. The largest absolute Gasteiger partial charge is 0.480 e. The number of carbonyl (C=O) groups is 5. The van der Waals surface area contributed by atoms with E-state index in [0.29, 0.717) is 13.0 Å². The Balaban J connectivity index is 3.07. The van der Waals surface area contributed by atoms with Gasteiger partial charge in [0.2, 0.25) is 0 Å². The summed E-state index contributed by atoms with van der Waals surface area (Å²) < 4.78 is 5.68. The minimum Gasteiger partial charge on any atom is -0.480 e. The van der Waals surface area contributed by atoms with Crippen LogP contribution in [0, 0.1) is 5.92 Å². The normalized spacial score (nSPS) is 18.7. The second-order valence-corrected chi connectivity index (χ2v) is 9.31. The molecule has 0 aromatic rings. The SMILES string of the molecule is CCOC1CCC(CC(CN(CCN(CC(=O)O)CC(=O)O)CC(=O)O)N(CC(=O)O)CC(=O)O)CC1. The fourth-order valence-corrected chi connectivity index (χ4v) is 4.76. The highest BCUT2D eigenvalue weighted by molar-refractivity contribution is 5.73. The predicted molar refractivity (Wildman–Crippen MR) is 128 cm³/mol. The molecule has 0 spiro atoms. The van der Waals surface area contributed by atoms with Crippen molar-refractivity contribution >= 4 is 29.8 Å². The third-order valence-electron chi connectivity index (χ3n) is 6.27. The van der Waals surface area contributed by atoms with Crippen LogP contribution in [0.1, 0.15) is 39.0 Å². The van der Waals surface area contributed by atoms with Gasteiger partial charge in [-0.25, -0.2) is 0 Å². The van der Waals surface area contributed by atoms with Crippen molar-refractivity contribution in [3.05, 3.63) is 0 Å². The van der Waals surface area contributed by atoms with Gasteiger partial charge in [-0.05, 0) is 44.9 Å². The molecule has 37 heavy (non-hydrogen) atoms. The molecule has 1 unspecified atom stereocenters. The summed E-state index contributed by atoms with van der Waals surface area (Å²) in [4.78, 5) is 60.7. The summed E-state index contributed by atoms with van der Waals surface area (Å²) in [5, 5.41) is 46.3. The van der Waals surface area contributed by atoms with Gasteiger partial charge < -0.3 is 30.3 Å². The van der Waals surface area contributed by atoms with Crippen LogP contribution in [0.3, 0.4) is 0 Å². The fourth-order valence-electron chi connectivity index (χ4n) is 4.76. The number of hydrogen-bond acceptors (Lipinski definition) is 9. The zero-order valence-corrected chi connectivity index (χ0v) is 21.2. The van der Waals surface area contributed by atoms with Crippen LogP contribution in [-0.2, 0) is 28.7 Å². The van der Waals surface area contributed by atoms with E-state index in [2.05, 4.69) is 0 Å². The first-order valence-electron chi connectivity index (χ1n) is 12.3. The molecule has 14 heteroatoms. The molecule has 1 saturated carbocycles. The van der Waals surface area contributed by atoms with E-state index in [4.69, 9.17) is 14.9 Å². The van der Waals surface area contributed by atoms with E-state index in [0.717, 1.165) is 30.6 Å². The Kier molecular flexibility index (Phi) is 14.7. The molecule has 0 aromatic carbocycles. The van der Waals surface area contributed by atoms with E-state index in [1.165, 1.54) is 9.80 Å². The standard InChI is InChI=1S/C23H39N3O11/c1-2-37-18-5-3-16(4-6-18)9-17(26(14-22(33)34)15-23(35)36)10-24(11-19(27)28)7-8-25(12-20(29)30)13-21(31)32/h16-18H,2-15H2,1H3,(H,27,28)(H,29,30)(H,31,32)(H,33,34)(H,35,36). The smallest absolute Gasteiger partial charge is 0.317 e. The quantitative estimate of drug-likeness (QED) is 0.136. The average Bonchev–Trinajstić information content (AvgIpc) is 2.76. The number of hydrogen-bond donors (Lipinski definition) is 5. The number of aliphatic carboxylic acids is 5. The molecule has 1 fully saturated rings. The monoisotopic (exact) mass is 533 g/mol. The average molecular weight is 534 g/mol. The second-order valence-electron chi connectivity index (χ2n) is 9.31. The van der Waals surface area contributed by atoms with Crippen LogP contribution in [0.5, 0.6) is 0 Å². The number of carboxylic acids is 5. The van der Waals surface area contributed by atoms with Crippen LogP contribution in [0.2, 0.25) is 0 Å². The fraction of sp³-hybridized carbons (Fsp3) is 0.783. The third-order valence-corrected chi connectivity index (χ3v) is 6.27. The molecule has 0 bridgehead atoms. The first-order chi connectivity index (χ1) is 17.4. The number of nitrogens with zero attached hydrogens (tertiary/aromatic N) is 3. The molecule has 0 radical (unpaired) electrons. The molecule has 0 aromatic heterocycles. The molecule has 14 nitrogen and oxygen atoms in total. The summed E-state index contributed by atoms with van der Waals surface area (Å²) in [6.07, 6.45) is 3.84. The van der Waals surface area contributed by atoms with Gasteiger partial charge in [0.15, 0.2) is 0 Å². The van der Waals surface area contributed by atoms with Gasteiger partial charge in [-0.2, -0.15) is 0 Å². The van der Waals surface area contributed by atoms with E-state index < -0.39 is 68.6 Å². The van der Waals surface area contributed by atoms with E-state index in [-0.39, 0.29) is 31.7 Å². The van der Waals surface area contributed by atoms with Crippen LogP contribution in [-0.4, -0.2) is 141 Å². The molecule has 5 N–H and O–H groups in total. The van der Waals surface area contributed by atoms with E-state index in [1.54, 1.807) is 0 Å². The molecule has 1 rings (SSSR count). The van der Waals surface area contributed by atoms with Crippen molar-refractivity contribution in [1.29, 1.82) is 0 Å². The molecule has 0 saturated heterocycles. The highest BCUT2D eigenvalue weighted by Crippen LogP contribution is 2.30. The molecule has 0 amide bonds. The van der Waals surface area contributed by atoms with Crippen LogP contribution < -0.4 is 0 Å². The van der Waals surface area contributed by atoms with Gasteiger partial charge in [0, 0.05) is 32.3 Å². The van der Waals surface area contributed by atoms with Gasteiger partial charge in [-0.15, -0.1) is 0 Å². The molecule has 212 valence electrons. The van der Waals surface area contributed by atoms with E-state index in [1.807, 2.05) is 6.92 Å². The first kappa shape index (κ1) is 32.2. The molecular weight excluding hydrogens is 494 g/mol. The summed E-state index contributed by atoms with van der Waals surface area (Å²) in [5.74, 6) is -5.92. The summed E-state index contributed by atoms with van der Waals surface area (Å²) in [6.45, 7) is -0.177. The summed E-state index contributed by atoms with van der Waals surface area (Å²) in [5.41, 5.74) is 0. The van der Waals surface area contributed by atoms with Crippen LogP contribution in [0.25, 0.3) is 0 Å². The summed E-state index contributed by atoms with van der Waals surface area (Å²) >= 11 is 0. The predicted octanol–water partition coefficient (Wildman–Crippen LogP) is -0.331. The first-order valence-corrected chi connectivity index (χ1v) is 12.3.